The van der Waals surface area contributed by atoms with Gasteiger partial charge < -0.3 is 5.32 Å². The van der Waals surface area contributed by atoms with E-state index in [0.717, 1.165) is 12.5 Å². The molecule has 1 heterocycles. The predicted molar refractivity (Wildman–Crippen MR) is 79.8 cm³/mol. The van der Waals surface area contributed by atoms with Gasteiger partial charge in [-0.15, -0.1) is 0 Å². The highest BCUT2D eigenvalue weighted by Gasteiger charge is 2.47. The van der Waals surface area contributed by atoms with Crippen LogP contribution in [0.15, 0.2) is 28.7 Å². The Morgan fingerprint density at radius 1 is 1.33 bits per heavy atom. The molecule has 1 saturated carbocycles. The molecule has 3 rings (SSSR count). The summed E-state index contributed by atoms with van der Waals surface area (Å²) in [6, 6.07) is 8.95. The highest BCUT2D eigenvalue weighted by atomic mass is 79.9. The third-order valence-electron chi connectivity index (χ3n) is 5.32. The van der Waals surface area contributed by atoms with Crippen molar-refractivity contribution < 1.29 is 0 Å². The molecular formula is C16H22BrN. The summed E-state index contributed by atoms with van der Waals surface area (Å²) in [5.74, 6) is 1.57. The molecule has 0 radical (unpaired) electrons. The summed E-state index contributed by atoms with van der Waals surface area (Å²) < 4.78 is 1.21. The van der Waals surface area contributed by atoms with E-state index in [0.29, 0.717) is 11.3 Å². The van der Waals surface area contributed by atoms with Crippen LogP contribution in [0.1, 0.15) is 44.1 Å². The molecule has 1 aliphatic heterocycles. The molecule has 0 amide bonds. The van der Waals surface area contributed by atoms with Gasteiger partial charge in [-0.25, -0.2) is 0 Å². The van der Waals surface area contributed by atoms with E-state index in [2.05, 4.69) is 52.4 Å². The monoisotopic (exact) mass is 307 g/mol. The van der Waals surface area contributed by atoms with Crippen LogP contribution in [0.4, 0.5) is 0 Å². The molecule has 0 aromatic heterocycles. The molecule has 2 heteroatoms. The molecule has 2 aliphatic rings. The van der Waals surface area contributed by atoms with Gasteiger partial charge in [-0.2, -0.15) is 0 Å². The lowest BCUT2D eigenvalue weighted by Crippen LogP contribution is -2.45. The van der Waals surface area contributed by atoms with Gasteiger partial charge in [-0.05, 0) is 48.4 Å². The molecule has 1 aromatic rings. The first-order valence-corrected chi connectivity index (χ1v) is 7.98. The van der Waals surface area contributed by atoms with Crippen LogP contribution in [0.25, 0.3) is 0 Å². The molecular weight excluding hydrogens is 286 g/mol. The molecule has 1 spiro atoms. The highest BCUT2D eigenvalue weighted by molar-refractivity contribution is 9.10. The zero-order valence-corrected chi connectivity index (χ0v) is 12.7. The molecule has 3 atom stereocenters. The molecule has 1 N–H and O–H groups in total. The Kier molecular flexibility index (Phi) is 3.50. The number of hydrogen-bond acceptors (Lipinski definition) is 1. The predicted octanol–water partition coefficient (Wildman–Crippen LogP) is 4.33. The summed E-state index contributed by atoms with van der Waals surface area (Å²) >= 11 is 3.62. The Hall–Kier alpha value is -0.340. The minimum atomic E-state index is 0.562. The topological polar surface area (TPSA) is 12.0 Å². The van der Waals surface area contributed by atoms with Gasteiger partial charge in [-0.1, -0.05) is 47.8 Å². The molecule has 0 bridgehead atoms. The third-order valence-corrected chi connectivity index (χ3v) is 5.81. The van der Waals surface area contributed by atoms with Gasteiger partial charge in [0.15, 0.2) is 0 Å². The van der Waals surface area contributed by atoms with E-state index < -0.39 is 0 Å². The molecule has 2 fully saturated rings. The first kappa shape index (κ1) is 12.7. The van der Waals surface area contributed by atoms with Crippen LogP contribution in [0.3, 0.4) is 0 Å². The van der Waals surface area contributed by atoms with Crippen molar-refractivity contribution in [2.45, 2.75) is 38.5 Å². The van der Waals surface area contributed by atoms with E-state index in [-0.39, 0.29) is 0 Å². The lowest BCUT2D eigenvalue weighted by atomic mass is 9.63. The van der Waals surface area contributed by atoms with Crippen molar-refractivity contribution in [3.63, 3.8) is 0 Å². The summed E-state index contributed by atoms with van der Waals surface area (Å²) in [7, 11) is 0. The second-order valence-electron chi connectivity index (χ2n) is 6.09. The number of nitrogens with one attached hydrogen (secondary N) is 1. The Morgan fingerprint density at radius 2 is 2.22 bits per heavy atom. The van der Waals surface area contributed by atoms with Gasteiger partial charge >= 0.3 is 0 Å². The van der Waals surface area contributed by atoms with Crippen LogP contribution in [0.5, 0.6) is 0 Å². The van der Waals surface area contributed by atoms with Crippen molar-refractivity contribution in [1.29, 1.82) is 0 Å². The lowest BCUT2D eigenvalue weighted by Gasteiger charge is -2.45. The largest absolute Gasteiger partial charge is 0.316 e. The van der Waals surface area contributed by atoms with Gasteiger partial charge in [0.05, 0.1) is 0 Å². The van der Waals surface area contributed by atoms with Crippen LogP contribution >= 0.6 is 15.9 Å². The first-order valence-electron chi connectivity index (χ1n) is 7.18. The molecule has 1 aromatic carbocycles. The van der Waals surface area contributed by atoms with Crippen molar-refractivity contribution in [3.05, 3.63) is 34.3 Å². The van der Waals surface area contributed by atoms with Crippen molar-refractivity contribution in [2.75, 3.05) is 13.1 Å². The maximum Gasteiger partial charge on any atom is 0.0178 e. The van der Waals surface area contributed by atoms with E-state index in [1.54, 1.807) is 0 Å². The quantitative estimate of drug-likeness (QED) is 0.814. The molecule has 98 valence electrons. The normalized spacial score (nSPS) is 36.1. The van der Waals surface area contributed by atoms with Gasteiger partial charge in [0.2, 0.25) is 0 Å². The minimum absolute atomic E-state index is 0.562. The maximum atomic E-state index is 3.62. The van der Waals surface area contributed by atoms with Gasteiger partial charge in [0, 0.05) is 16.9 Å². The minimum Gasteiger partial charge on any atom is -0.316 e. The summed E-state index contributed by atoms with van der Waals surface area (Å²) in [5, 5.41) is 3.61. The Bertz CT molecular complexity index is 431. The van der Waals surface area contributed by atoms with E-state index >= 15 is 0 Å². The fourth-order valence-electron chi connectivity index (χ4n) is 4.28. The Labute approximate surface area is 118 Å². The van der Waals surface area contributed by atoms with Crippen LogP contribution in [0.2, 0.25) is 0 Å². The van der Waals surface area contributed by atoms with E-state index in [9.17, 15) is 0 Å². The fraction of sp³-hybridized carbons (Fsp3) is 0.625. The summed E-state index contributed by atoms with van der Waals surface area (Å²) in [6.45, 7) is 4.83. The summed E-state index contributed by atoms with van der Waals surface area (Å²) in [6.07, 6.45) is 5.62. The molecule has 3 unspecified atom stereocenters. The zero-order chi connectivity index (χ0) is 12.6. The molecule has 1 aliphatic carbocycles. The maximum absolute atomic E-state index is 3.62. The molecule has 1 nitrogen and oxygen atoms in total. The molecule has 18 heavy (non-hydrogen) atoms. The van der Waals surface area contributed by atoms with Crippen LogP contribution in [0, 0.1) is 11.3 Å². The molecule has 1 saturated heterocycles. The third kappa shape index (κ3) is 2.04. The van der Waals surface area contributed by atoms with E-state index in [1.165, 1.54) is 42.3 Å². The Morgan fingerprint density at radius 3 is 2.94 bits per heavy atom. The number of hydrogen-bond donors (Lipinski definition) is 1. The van der Waals surface area contributed by atoms with Crippen molar-refractivity contribution in [1.82, 2.24) is 5.32 Å². The van der Waals surface area contributed by atoms with Crippen LogP contribution in [-0.4, -0.2) is 13.1 Å². The average molecular weight is 308 g/mol. The van der Waals surface area contributed by atoms with Gasteiger partial charge in [-0.3, -0.25) is 0 Å². The lowest BCUT2D eigenvalue weighted by molar-refractivity contribution is 0.116. The number of halogens is 1. The second-order valence-corrected chi connectivity index (χ2v) is 7.00. The first-order chi connectivity index (χ1) is 8.72. The van der Waals surface area contributed by atoms with E-state index in [1.807, 2.05) is 0 Å². The number of piperidine rings is 1. The average Bonchev–Trinajstić information content (AvgIpc) is 2.72. The van der Waals surface area contributed by atoms with Gasteiger partial charge in [0.1, 0.15) is 0 Å². The van der Waals surface area contributed by atoms with Gasteiger partial charge in [0.25, 0.3) is 0 Å². The van der Waals surface area contributed by atoms with E-state index in [4.69, 9.17) is 0 Å². The van der Waals surface area contributed by atoms with Crippen LogP contribution in [-0.2, 0) is 0 Å². The van der Waals surface area contributed by atoms with Crippen LogP contribution < -0.4 is 5.32 Å². The summed E-state index contributed by atoms with van der Waals surface area (Å²) in [4.78, 5) is 0. The number of rotatable bonds is 1. The second kappa shape index (κ2) is 4.97. The Balaban J connectivity index is 1.97. The SMILES string of the molecule is CC1CCCC12CCNCC2c1cccc(Br)c1. The summed E-state index contributed by atoms with van der Waals surface area (Å²) in [5.41, 5.74) is 2.08. The smallest absolute Gasteiger partial charge is 0.0178 e. The zero-order valence-electron chi connectivity index (χ0n) is 11.1. The standard InChI is InChI=1S/C16H22BrN/c1-12-4-3-7-16(12)8-9-18-11-15(16)13-5-2-6-14(17)10-13/h2,5-6,10,12,15,18H,3-4,7-9,11H2,1H3. The van der Waals surface area contributed by atoms with Crippen molar-refractivity contribution >= 4 is 15.9 Å². The fourth-order valence-corrected chi connectivity index (χ4v) is 4.70. The highest BCUT2D eigenvalue weighted by Crippen LogP contribution is 2.55. The van der Waals surface area contributed by atoms with Crippen molar-refractivity contribution in [2.24, 2.45) is 11.3 Å². The number of benzene rings is 1. The van der Waals surface area contributed by atoms with Crippen molar-refractivity contribution in [3.8, 4) is 0 Å².